The Morgan fingerprint density at radius 2 is 1.74 bits per heavy atom. The van der Waals surface area contributed by atoms with Gasteiger partial charge < -0.3 is 5.32 Å². The van der Waals surface area contributed by atoms with Crippen LogP contribution < -0.4 is 5.32 Å². The number of benzene rings is 2. The van der Waals surface area contributed by atoms with E-state index in [1.165, 1.54) is 6.07 Å². The predicted molar refractivity (Wildman–Crippen MR) is 72.9 cm³/mol. The third-order valence-electron chi connectivity index (χ3n) is 2.80. The van der Waals surface area contributed by atoms with Crippen LogP contribution in [0.25, 0.3) is 0 Å². The number of halogens is 3. The first-order valence-electron chi connectivity index (χ1n) is 5.97. The minimum Gasteiger partial charge on any atom is -0.309 e. The van der Waals surface area contributed by atoms with Gasteiger partial charge in [0.05, 0.1) is 0 Å². The lowest BCUT2D eigenvalue weighted by atomic mass is 10.1. The standard InChI is InChI=1S/C15H14ClF2N/c16-8-11-2-1-3-12(6-11)9-19-10-13-7-14(17)4-5-15(13)18/h1-7,19H,8-10H2. The van der Waals surface area contributed by atoms with Gasteiger partial charge in [0.2, 0.25) is 0 Å². The van der Waals surface area contributed by atoms with Gasteiger partial charge in [0.25, 0.3) is 0 Å². The fourth-order valence-electron chi connectivity index (χ4n) is 1.84. The Morgan fingerprint density at radius 3 is 2.53 bits per heavy atom. The summed E-state index contributed by atoms with van der Waals surface area (Å²) in [5, 5.41) is 3.09. The molecule has 0 bridgehead atoms. The van der Waals surface area contributed by atoms with Crippen LogP contribution in [0.5, 0.6) is 0 Å². The van der Waals surface area contributed by atoms with Crippen LogP contribution in [0, 0.1) is 11.6 Å². The summed E-state index contributed by atoms with van der Waals surface area (Å²) in [5.74, 6) is -0.363. The minimum atomic E-state index is -0.428. The summed E-state index contributed by atoms with van der Waals surface area (Å²) < 4.78 is 26.4. The van der Waals surface area contributed by atoms with Gasteiger partial charge >= 0.3 is 0 Å². The second kappa shape index (κ2) is 6.64. The highest BCUT2D eigenvalue weighted by atomic mass is 35.5. The molecule has 0 aliphatic heterocycles. The van der Waals surface area contributed by atoms with Gasteiger partial charge in [0, 0.05) is 24.5 Å². The third kappa shape index (κ3) is 4.01. The van der Waals surface area contributed by atoms with Crippen LogP contribution >= 0.6 is 11.6 Å². The molecule has 0 aromatic heterocycles. The number of rotatable bonds is 5. The van der Waals surface area contributed by atoms with Crippen molar-refractivity contribution in [1.29, 1.82) is 0 Å². The van der Waals surface area contributed by atoms with Gasteiger partial charge in [-0.1, -0.05) is 24.3 Å². The largest absolute Gasteiger partial charge is 0.309 e. The van der Waals surface area contributed by atoms with Crippen molar-refractivity contribution in [1.82, 2.24) is 5.32 Å². The Bertz CT molecular complexity index is 558. The lowest BCUT2D eigenvalue weighted by Gasteiger charge is -2.07. The van der Waals surface area contributed by atoms with Gasteiger partial charge in [0.1, 0.15) is 11.6 Å². The molecule has 0 aliphatic rings. The Hall–Kier alpha value is -1.45. The Labute approximate surface area is 116 Å². The lowest BCUT2D eigenvalue weighted by Crippen LogP contribution is -2.14. The topological polar surface area (TPSA) is 12.0 Å². The Balaban J connectivity index is 1.94. The highest BCUT2D eigenvalue weighted by Gasteiger charge is 2.03. The molecular formula is C15H14ClF2N. The number of hydrogen-bond donors (Lipinski definition) is 1. The SMILES string of the molecule is Fc1ccc(F)c(CNCc2cccc(CCl)c2)c1. The highest BCUT2D eigenvalue weighted by molar-refractivity contribution is 6.17. The minimum absolute atomic E-state index is 0.286. The van der Waals surface area contributed by atoms with Crippen LogP contribution in [0.3, 0.4) is 0 Å². The van der Waals surface area contributed by atoms with Crippen molar-refractivity contribution in [3.05, 3.63) is 70.8 Å². The molecule has 0 atom stereocenters. The molecule has 0 saturated carbocycles. The van der Waals surface area contributed by atoms with E-state index < -0.39 is 11.6 Å². The van der Waals surface area contributed by atoms with Gasteiger partial charge in [-0.2, -0.15) is 0 Å². The molecule has 0 amide bonds. The predicted octanol–water partition coefficient (Wildman–Crippen LogP) is 3.99. The second-order valence-electron chi connectivity index (χ2n) is 4.29. The molecule has 0 spiro atoms. The van der Waals surface area contributed by atoms with Gasteiger partial charge in [0.15, 0.2) is 0 Å². The molecule has 1 nitrogen and oxygen atoms in total. The maximum absolute atomic E-state index is 13.4. The van der Waals surface area contributed by atoms with Gasteiger partial charge in [-0.15, -0.1) is 11.6 Å². The van der Waals surface area contributed by atoms with Gasteiger partial charge in [-0.25, -0.2) is 8.78 Å². The van der Waals surface area contributed by atoms with Crippen LogP contribution in [-0.4, -0.2) is 0 Å². The molecule has 1 N–H and O–H groups in total. The fourth-order valence-corrected chi connectivity index (χ4v) is 2.01. The van der Waals surface area contributed by atoms with E-state index >= 15 is 0 Å². The molecule has 0 fully saturated rings. The Morgan fingerprint density at radius 1 is 0.947 bits per heavy atom. The van der Waals surface area contributed by atoms with E-state index in [2.05, 4.69) is 5.32 Å². The smallest absolute Gasteiger partial charge is 0.127 e. The zero-order valence-corrected chi connectivity index (χ0v) is 11.1. The first-order valence-corrected chi connectivity index (χ1v) is 6.51. The maximum Gasteiger partial charge on any atom is 0.127 e. The third-order valence-corrected chi connectivity index (χ3v) is 3.11. The summed E-state index contributed by atoms with van der Waals surface area (Å²) in [4.78, 5) is 0. The number of nitrogens with one attached hydrogen (secondary N) is 1. The quantitative estimate of drug-likeness (QED) is 0.817. The van der Waals surface area contributed by atoms with Crippen LogP contribution in [0.4, 0.5) is 8.78 Å². The summed E-state index contributed by atoms with van der Waals surface area (Å²) >= 11 is 5.76. The zero-order valence-electron chi connectivity index (χ0n) is 10.3. The molecule has 2 aromatic carbocycles. The van der Waals surface area contributed by atoms with E-state index in [1.54, 1.807) is 0 Å². The molecule has 0 saturated heterocycles. The zero-order chi connectivity index (χ0) is 13.7. The summed E-state index contributed by atoms with van der Waals surface area (Å²) in [5.41, 5.74) is 2.43. The van der Waals surface area contributed by atoms with E-state index in [-0.39, 0.29) is 6.54 Å². The maximum atomic E-state index is 13.4. The molecule has 0 aliphatic carbocycles. The molecule has 2 rings (SSSR count). The molecule has 0 radical (unpaired) electrons. The Kier molecular flexibility index (Phi) is 4.88. The summed E-state index contributed by atoms with van der Waals surface area (Å²) in [7, 11) is 0. The molecule has 2 aromatic rings. The monoisotopic (exact) mass is 281 g/mol. The second-order valence-corrected chi connectivity index (χ2v) is 4.56. The van der Waals surface area contributed by atoms with Crippen molar-refractivity contribution in [2.24, 2.45) is 0 Å². The van der Waals surface area contributed by atoms with Crippen molar-refractivity contribution in [3.8, 4) is 0 Å². The fraction of sp³-hybridized carbons (Fsp3) is 0.200. The van der Waals surface area contributed by atoms with Crippen LogP contribution in [0.1, 0.15) is 16.7 Å². The highest BCUT2D eigenvalue weighted by Crippen LogP contribution is 2.11. The first-order chi connectivity index (χ1) is 9.19. The van der Waals surface area contributed by atoms with Gasteiger partial charge in [-0.05, 0) is 29.3 Å². The van der Waals surface area contributed by atoms with Crippen molar-refractivity contribution in [2.45, 2.75) is 19.0 Å². The summed E-state index contributed by atoms with van der Waals surface area (Å²) in [6.45, 7) is 0.870. The van der Waals surface area contributed by atoms with Crippen molar-refractivity contribution in [2.75, 3.05) is 0 Å². The molecule has 0 unspecified atom stereocenters. The van der Waals surface area contributed by atoms with Crippen LogP contribution in [0.15, 0.2) is 42.5 Å². The lowest BCUT2D eigenvalue weighted by molar-refractivity contribution is 0.568. The van der Waals surface area contributed by atoms with Gasteiger partial charge in [-0.3, -0.25) is 0 Å². The van der Waals surface area contributed by atoms with Crippen molar-refractivity contribution < 1.29 is 8.78 Å². The molecule has 19 heavy (non-hydrogen) atoms. The van der Waals surface area contributed by atoms with E-state index in [0.717, 1.165) is 23.3 Å². The van der Waals surface area contributed by atoms with E-state index in [1.807, 2.05) is 24.3 Å². The van der Waals surface area contributed by atoms with E-state index in [0.29, 0.717) is 18.0 Å². The van der Waals surface area contributed by atoms with Crippen molar-refractivity contribution in [3.63, 3.8) is 0 Å². The molecular weight excluding hydrogens is 268 g/mol. The molecule has 100 valence electrons. The molecule has 4 heteroatoms. The normalized spacial score (nSPS) is 10.7. The number of hydrogen-bond acceptors (Lipinski definition) is 1. The summed E-state index contributed by atoms with van der Waals surface area (Å²) in [6, 6.07) is 11.3. The first kappa shape index (κ1) is 14.0. The van der Waals surface area contributed by atoms with Crippen LogP contribution in [0.2, 0.25) is 0 Å². The number of alkyl halides is 1. The average Bonchev–Trinajstić information content (AvgIpc) is 2.43. The van der Waals surface area contributed by atoms with E-state index in [4.69, 9.17) is 11.6 Å². The average molecular weight is 282 g/mol. The molecule has 0 heterocycles. The van der Waals surface area contributed by atoms with E-state index in [9.17, 15) is 8.78 Å². The van der Waals surface area contributed by atoms with Crippen molar-refractivity contribution >= 4 is 11.6 Å². The summed E-state index contributed by atoms with van der Waals surface area (Å²) in [6.07, 6.45) is 0. The van der Waals surface area contributed by atoms with Crippen LogP contribution in [-0.2, 0) is 19.0 Å².